The molecule has 1 aromatic rings. The van der Waals surface area contributed by atoms with Crippen molar-refractivity contribution in [1.82, 2.24) is 20.3 Å². The Hall–Kier alpha value is -0.900. The van der Waals surface area contributed by atoms with E-state index in [-0.39, 0.29) is 0 Å². The van der Waals surface area contributed by atoms with Crippen molar-refractivity contribution in [3.05, 3.63) is 11.9 Å². The SMILES string of the molecule is CNC(c1cnnn1C)C1CC2CC2C1. The molecule has 4 heteroatoms. The van der Waals surface area contributed by atoms with Crippen LogP contribution >= 0.6 is 0 Å². The molecule has 0 radical (unpaired) electrons. The maximum Gasteiger partial charge on any atom is 0.0755 e. The Labute approximate surface area is 90.0 Å². The van der Waals surface area contributed by atoms with Crippen molar-refractivity contribution in [2.45, 2.75) is 25.3 Å². The van der Waals surface area contributed by atoms with Gasteiger partial charge in [-0.3, -0.25) is 4.68 Å². The highest BCUT2D eigenvalue weighted by molar-refractivity contribution is 5.08. The van der Waals surface area contributed by atoms with E-state index in [0.717, 1.165) is 17.8 Å². The normalized spacial score (nSPS) is 35.2. The molecule has 2 aliphatic rings. The van der Waals surface area contributed by atoms with Gasteiger partial charge in [0.05, 0.1) is 17.9 Å². The summed E-state index contributed by atoms with van der Waals surface area (Å²) in [6.07, 6.45) is 6.16. The summed E-state index contributed by atoms with van der Waals surface area (Å²) in [5.41, 5.74) is 1.23. The fourth-order valence-electron chi connectivity index (χ4n) is 3.24. The summed E-state index contributed by atoms with van der Waals surface area (Å²) in [6, 6.07) is 0.442. The summed E-state index contributed by atoms with van der Waals surface area (Å²) in [7, 11) is 4.02. The molecule has 2 fully saturated rings. The molecule has 82 valence electrons. The Kier molecular flexibility index (Phi) is 2.06. The van der Waals surface area contributed by atoms with E-state index in [0.29, 0.717) is 6.04 Å². The first-order valence-electron chi connectivity index (χ1n) is 5.81. The van der Waals surface area contributed by atoms with Crippen LogP contribution in [0.3, 0.4) is 0 Å². The average molecular weight is 206 g/mol. The van der Waals surface area contributed by atoms with E-state index in [2.05, 4.69) is 15.6 Å². The first-order chi connectivity index (χ1) is 7.29. The molecule has 1 N–H and O–H groups in total. The summed E-state index contributed by atoms with van der Waals surface area (Å²) in [5, 5.41) is 11.4. The fourth-order valence-corrected chi connectivity index (χ4v) is 3.24. The van der Waals surface area contributed by atoms with E-state index >= 15 is 0 Å². The largest absolute Gasteiger partial charge is 0.311 e. The van der Waals surface area contributed by atoms with Crippen LogP contribution in [-0.4, -0.2) is 22.0 Å². The second kappa shape index (κ2) is 3.30. The zero-order valence-corrected chi connectivity index (χ0v) is 9.35. The van der Waals surface area contributed by atoms with Crippen LogP contribution in [0, 0.1) is 17.8 Å². The molecule has 0 bridgehead atoms. The van der Waals surface area contributed by atoms with Crippen LogP contribution in [0.2, 0.25) is 0 Å². The quantitative estimate of drug-likeness (QED) is 0.806. The van der Waals surface area contributed by atoms with E-state index in [1.54, 1.807) is 0 Å². The minimum Gasteiger partial charge on any atom is -0.311 e. The second-order valence-electron chi connectivity index (χ2n) is 5.04. The molecule has 1 aromatic heterocycles. The summed E-state index contributed by atoms with van der Waals surface area (Å²) in [6.45, 7) is 0. The number of aryl methyl sites for hydroxylation is 1. The van der Waals surface area contributed by atoms with Gasteiger partial charge in [0.1, 0.15) is 0 Å². The standard InChI is InChI=1S/C11H18N4/c1-12-11(10-6-13-14-15(10)2)9-4-7-3-8(7)5-9/h6-9,11-12H,3-5H2,1-2H3. The van der Waals surface area contributed by atoms with Gasteiger partial charge in [-0.05, 0) is 44.1 Å². The van der Waals surface area contributed by atoms with E-state index in [9.17, 15) is 0 Å². The maximum absolute atomic E-state index is 4.01. The number of hydrogen-bond donors (Lipinski definition) is 1. The zero-order chi connectivity index (χ0) is 10.4. The summed E-state index contributed by atoms with van der Waals surface area (Å²) in [5.74, 6) is 2.86. The van der Waals surface area contributed by atoms with Gasteiger partial charge in [0.25, 0.3) is 0 Å². The molecule has 0 saturated heterocycles. The lowest BCUT2D eigenvalue weighted by atomic mass is 9.92. The highest BCUT2D eigenvalue weighted by Crippen LogP contribution is 2.56. The third-order valence-corrected chi connectivity index (χ3v) is 4.13. The third kappa shape index (κ3) is 1.47. The van der Waals surface area contributed by atoms with Crippen molar-refractivity contribution in [3.63, 3.8) is 0 Å². The van der Waals surface area contributed by atoms with Crippen LogP contribution in [0.1, 0.15) is 31.0 Å². The van der Waals surface area contributed by atoms with Gasteiger partial charge in [-0.15, -0.1) is 5.10 Å². The second-order valence-corrected chi connectivity index (χ2v) is 5.04. The lowest BCUT2D eigenvalue weighted by molar-refractivity contribution is 0.344. The minimum atomic E-state index is 0.442. The van der Waals surface area contributed by atoms with Crippen molar-refractivity contribution >= 4 is 0 Å². The molecule has 2 aliphatic carbocycles. The predicted octanol–water partition coefficient (Wildman–Crippen LogP) is 1.12. The van der Waals surface area contributed by atoms with E-state index in [1.807, 2.05) is 25.0 Å². The topological polar surface area (TPSA) is 42.7 Å². The molecule has 0 amide bonds. The molecule has 2 saturated carbocycles. The summed E-state index contributed by atoms with van der Waals surface area (Å²) >= 11 is 0. The van der Waals surface area contributed by atoms with Crippen molar-refractivity contribution in [2.24, 2.45) is 24.8 Å². The minimum absolute atomic E-state index is 0.442. The van der Waals surface area contributed by atoms with Crippen molar-refractivity contribution in [2.75, 3.05) is 7.05 Å². The highest BCUT2D eigenvalue weighted by Gasteiger charge is 2.48. The van der Waals surface area contributed by atoms with E-state index < -0.39 is 0 Å². The number of nitrogens with zero attached hydrogens (tertiary/aromatic N) is 3. The number of nitrogens with one attached hydrogen (secondary N) is 1. The molecule has 3 atom stereocenters. The van der Waals surface area contributed by atoms with Crippen LogP contribution in [0.15, 0.2) is 6.20 Å². The molecule has 4 nitrogen and oxygen atoms in total. The zero-order valence-electron chi connectivity index (χ0n) is 9.35. The molecule has 3 rings (SSSR count). The highest BCUT2D eigenvalue weighted by atomic mass is 15.4. The van der Waals surface area contributed by atoms with Gasteiger partial charge >= 0.3 is 0 Å². The molecular formula is C11H18N4. The Morgan fingerprint density at radius 1 is 1.40 bits per heavy atom. The Bertz CT molecular complexity index is 349. The molecular weight excluding hydrogens is 188 g/mol. The smallest absolute Gasteiger partial charge is 0.0755 e. The molecule has 15 heavy (non-hydrogen) atoms. The summed E-state index contributed by atoms with van der Waals surface area (Å²) < 4.78 is 1.89. The Morgan fingerprint density at radius 3 is 2.67 bits per heavy atom. The third-order valence-electron chi connectivity index (χ3n) is 4.13. The number of rotatable bonds is 3. The lowest BCUT2D eigenvalue weighted by Crippen LogP contribution is -2.26. The number of aromatic nitrogens is 3. The van der Waals surface area contributed by atoms with E-state index in [4.69, 9.17) is 0 Å². The van der Waals surface area contributed by atoms with Crippen LogP contribution < -0.4 is 5.32 Å². The van der Waals surface area contributed by atoms with Gasteiger partial charge in [-0.2, -0.15) is 0 Å². The molecule has 3 unspecified atom stereocenters. The Morgan fingerprint density at radius 2 is 2.13 bits per heavy atom. The van der Waals surface area contributed by atoms with Crippen molar-refractivity contribution in [3.8, 4) is 0 Å². The van der Waals surface area contributed by atoms with Crippen LogP contribution in [-0.2, 0) is 7.05 Å². The van der Waals surface area contributed by atoms with Crippen molar-refractivity contribution in [1.29, 1.82) is 0 Å². The first-order valence-corrected chi connectivity index (χ1v) is 5.81. The van der Waals surface area contributed by atoms with Crippen LogP contribution in [0.4, 0.5) is 0 Å². The van der Waals surface area contributed by atoms with Gasteiger partial charge in [0.15, 0.2) is 0 Å². The number of fused-ring (bicyclic) bond motifs is 1. The van der Waals surface area contributed by atoms with Gasteiger partial charge in [-0.1, -0.05) is 5.21 Å². The first kappa shape index (κ1) is 9.33. The van der Waals surface area contributed by atoms with Gasteiger partial charge in [0, 0.05) is 7.05 Å². The Balaban J connectivity index is 1.79. The predicted molar refractivity (Wildman–Crippen MR) is 57.1 cm³/mol. The average Bonchev–Trinajstić information content (AvgIpc) is 2.65. The van der Waals surface area contributed by atoms with Gasteiger partial charge < -0.3 is 5.32 Å². The molecule has 0 aromatic carbocycles. The van der Waals surface area contributed by atoms with Crippen LogP contribution in [0.25, 0.3) is 0 Å². The molecule has 1 heterocycles. The number of hydrogen-bond acceptors (Lipinski definition) is 3. The lowest BCUT2D eigenvalue weighted by Gasteiger charge is -2.23. The van der Waals surface area contributed by atoms with Gasteiger partial charge in [0.2, 0.25) is 0 Å². The maximum atomic E-state index is 4.01. The summed E-state index contributed by atoms with van der Waals surface area (Å²) in [4.78, 5) is 0. The van der Waals surface area contributed by atoms with E-state index in [1.165, 1.54) is 25.0 Å². The van der Waals surface area contributed by atoms with Crippen molar-refractivity contribution < 1.29 is 0 Å². The van der Waals surface area contributed by atoms with Crippen LogP contribution in [0.5, 0.6) is 0 Å². The molecule has 0 spiro atoms. The van der Waals surface area contributed by atoms with Gasteiger partial charge in [-0.25, -0.2) is 0 Å². The monoisotopic (exact) mass is 206 g/mol. The fraction of sp³-hybridized carbons (Fsp3) is 0.818. The molecule has 0 aliphatic heterocycles.